The number of hydrogen-bond donors (Lipinski definition) is 2. The van der Waals surface area contributed by atoms with Gasteiger partial charge in [0.15, 0.2) is 17.1 Å². The number of para-hydroxylation sites is 2. The average Bonchev–Trinajstić information content (AvgIpc) is 3.54. The number of anilines is 1. The summed E-state index contributed by atoms with van der Waals surface area (Å²) in [6.07, 6.45) is 1.96. The molecular weight excluding hydrogens is 410 g/mol. The van der Waals surface area contributed by atoms with Crippen LogP contribution < -0.4 is 20.5 Å². The van der Waals surface area contributed by atoms with E-state index in [1.54, 1.807) is 4.57 Å². The van der Waals surface area contributed by atoms with Crippen molar-refractivity contribution >= 4 is 33.9 Å². The zero-order valence-electron chi connectivity index (χ0n) is 17.2. The molecule has 2 aliphatic rings. The van der Waals surface area contributed by atoms with Crippen molar-refractivity contribution in [1.82, 2.24) is 19.9 Å². The van der Waals surface area contributed by atoms with Gasteiger partial charge in [-0.05, 0) is 37.1 Å². The van der Waals surface area contributed by atoms with Crippen molar-refractivity contribution in [2.24, 2.45) is 0 Å². The van der Waals surface area contributed by atoms with Crippen LogP contribution in [-0.2, 0) is 4.74 Å². The molecule has 162 valence electrons. The Balaban J connectivity index is 1.51. The molecule has 4 heterocycles. The summed E-state index contributed by atoms with van der Waals surface area (Å²) in [7, 11) is 0. The largest absolute Gasteiger partial charge is 0.454 e. The molecule has 1 fully saturated rings. The van der Waals surface area contributed by atoms with Gasteiger partial charge in [-0.2, -0.15) is 0 Å². The number of hydrogen-bond acceptors (Lipinski definition) is 7. The van der Waals surface area contributed by atoms with Gasteiger partial charge in [0, 0.05) is 19.2 Å². The number of benzene rings is 2. The lowest BCUT2D eigenvalue weighted by atomic mass is 10.2. The van der Waals surface area contributed by atoms with Crippen LogP contribution in [0.5, 0.6) is 11.5 Å². The number of aromatic nitrogens is 3. The molecule has 6 rings (SSSR count). The fraction of sp³-hybridized carbons (Fsp3) is 0.261. The Morgan fingerprint density at radius 1 is 1.12 bits per heavy atom. The van der Waals surface area contributed by atoms with E-state index in [0.717, 1.165) is 19.4 Å². The Kier molecular flexibility index (Phi) is 4.36. The zero-order chi connectivity index (χ0) is 21.7. The molecule has 1 unspecified atom stereocenters. The molecule has 3 N–H and O–H groups in total. The minimum Gasteiger partial charge on any atom is -0.454 e. The highest BCUT2D eigenvalue weighted by Gasteiger charge is 2.27. The third kappa shape index (κ3) is 3.01. The molecule has 1 amide bonds. The predicted molar refractivity (Wildman–Crippen MR) is 118 cm³/mol. The summed E-state index contributed by atoms with van der Waals surface area (Å²) in [6, 6.07) is 13.0. The first-order valence-electron chi connectivity index (χ1n) is 10.6. The van der Waals surface area contributed by atoms with Gasteiger partial charge in [-0.3, -0.25) is 9.36 Å². The van der Waals surface area contributed by atoms with Gasteiger partial charge in [0.2, 0.25) is 6.79 Å². The van der Waals surface area contributed by atoms with Crippen molar-refractivity contribution in [1.29, 1.82) is 0 Å². The lowest BCUT2D eigenvalue weighted by molar-refractivity contribution is 0.0859. The van der Waals surface area contributed by atoms with Gasteiger partial charge in [0.05, 0.1) is 22.8 Å². The molecule has 1 saturated heterocycles. The standard InChI is InChI=1S/C23H21N5O4/c24-21-19(23(29)25-11-14-4-3-9-30-14)20-22(27-16-6-2-1-5-15(16)26-20)28(21)13-7-8-17-18(10-13)32-12-31-17/h1-2,5-8,10,14H,3-4,9,11-12,24H2,(H,25,29). The number of nitrogens with two attached hydrogens (primary N) is 1. The maximum absolute atomic E-state index is 13.2. The molecule has 1 atom stereocenters. The highest BCUT2D eigenvalue weighted by Crippen LogP contribution is 2.37. The van der Waals surface area contributed by atoms with E-state index in [1.165, 1.54) is 0 Å². The smallest absolute Gasteiger partial charge is 0.257 e. The molecule has 4 aromatic rings. The number of fused-ring (bicyclic) bond motifs is 3. The SMILES string of the molecule is Nc1c(C(=O)NCC2CCCO2)c2nc3ccccc3nc2n1-c1ccc2c(c1)OCO2. The fourth-order valence-electron chi connectivity index (χ4n) is 4.27. The monoisotopic (exact) mass is 431 g/mol. The van der Waals surface area contributed by atoms with Crippen LogP contribution in [0.1, 0.15) is 23.2 Å². The molecule has 0 spiro atoms. The van der Waals surface area contributed by atoms with Crippen LogP contribution in [0.25, 0.3) is 27.9 Å². The van der Waals surface area contributed by atoms with Gasteiger partial charge >= 0.3 is 0 Å². The maximum atomic E-state index is 13.2. The zero-order valence-corrected chi connectivity index (χ0v) is 17.2. The molecule has 9 heteroatoms. The molecule has 0 saturated carbocycles. The number of nitrogens with zero attached hydrogens (tertiary/aromatic N) is 3. The van der Waals surface area contributed by atoms with Crippen molar-refractivity contribution in [3.63, 3.8) is 0 Å². The third-order valence-electron chi connectivity index (χ3n) is 5.85. The van der Waals surface area contributed by atoms with Crippen molar-refractivity contribution in [3.8, 4) is 17.2 Å². The lowest BCUT2D eigenvalue weighted by Gasteiger charge is -2.11. The van der Waals surface area contributed by atoms with E-state index in [0.29, 0.717) is 51.5 Å². The van der Waals surface area contributed by atoms with Gasteiger partial charge in [-0.15, -0.1) is 0 Å². The Morgan fingerprint density at radius 2 is 1.94 bits per heavy atom. The van der Waals surface area contributed by atoms with Gasteiger partial charge in [-0.25, -0.2) is 9.97 Å². The summed E-state index contributed by atoms with van der Waals surface area (Å²) in [5.74, 6) is 1.24. The second-order valence-corrected chi connectivity index (χ2v) is 7.86. The van der Waals surface area contributed by atoms with Crippen molar-refractivity contribution < 1.29 is 19.0 Å². The van der Waals surface area contributed by atoms with E-state index >= 15 is 0 Å². The minimum absolute atomic E-state index is 0.0225. The summed E-state index contributed by atoms with van der Waals surface area (Å²) in [5, 5.41) is 2.96. The van der Waals surface area contributed by atoms with Crippen LogP contribution in [0.2, 0.25) is 0 Å². The van der Waals surface area contributed by atoms with E-state index in [2.05, 4.69) is 5.32 Å². The van der Waals surface area contributed by atoms with E-state index in [-0.39, 0.29) is 24.6 Å². The topological polar surface area (TPSA) is 114 Å². The summed E-state index contributed by atoms with van der Waals surface area (Å²) in [5.41, 5.74) is 9.92. The molecule has 9 nitrogen and oxygen atoms in total. The Morgan fingerprint density at radius 3 is 2.75 bits per heavy atom. The molecule has 0 aliphatic carbocycles. The molecule has 2 aromatic carbocycles. The van der Waals surface area contributed by atoms with Crippen LogP contribution in [0.15, 0.2) is 42.5 Å². The summed E-state index contributed by atoms with van der Waals surface area (Å²) in [6.45, 7) is 1.32. The molecule has 32 heavy (non-hydrogen) atoms. The van der Waals surface area contributed by atoms with Crippen molar-refractivity contribution in [3.05, 3.63) is 48.0 Å². The second kappa shape index (κ2) is 7.38. The minimum atomic E-state index is -0.299. The van der Waals surface area contributed by atoms with Gasteiger partial charge in [0.25, 0.3) is 5.91 Å². The van der Waals surface area contributed by atoms with E-state index < -0.39 is 0 Å². The number of ether oxygens (including phenoxy) is 3. The number of nitrogen functional groups attached to an aromatic ring is 1. The van der Waals surface area contributed by atoms with Crippen LogP contribution >= 0.6 is 0 Å². The fourth-order valence-corrected chi connectivity index (χ4v) is 4.27. The van der Waals surface area contributed by atoms with Crippen LogP contribution in [0, 0.1) is 0 Å². The molecule has 0 bridgehead atoms. The first kappa shape index (κ1) is 18.9. The van der Waals surface area contributed by atoms with E-state index in [9.17, 15) is 4.79 Å². The quantitative estimate of drug-likeness (QED) is 0.511. The molecule has 2 aliphatic heterocycles. The summed E-state index contributed by atoms with van der Waals surface area (Å²) < 4.78 is 18.3. The Labute approximate surface area is 183 Å². The van der Waals surface area contributed by atoms with Gasteiger partial charge in [-0.1, -0.05) is 12.1 Å². The molecular formula is C23H21N5O4. The number of carbonyl (C=O) groups excluding carboxylic acids is 1. The van der Waals surface area contributed by atoms with Crippen molar-refractivity contribution in [2.75, 3.05) is 25.7 Å². The highest BCUT2D eigenvalue weighted by molar-refractivity contribution is 6.11. The van der Waals surface area contributed by atoms with Crippen molar-refractivity contribution in [2.45, 2.75) is 18.9 Å². The first-order valence-corrected chi connectivity index (χ1v) is 10.6. The molecule has 0 radical (unpaired) electrons. The van der Waals surface area contributed by atoms with Crippen LogP contribution in [0.4, 0.5) is 5.82 Å². The van der Waals surface area contributed by atoms with Crippen LogP contribution in [-0.4, -0.2) is 46.5 Å². The lowest BCUT2D eigenvalue weighted by Crippen LogP contribution is -2.32. The Hall–Kier alpha value is -3.85. The van der Waals surface area contributed by atoms with Crippen LogP contribution in [0.3, 0.4) is 0 Å². The summed E-state index contributed by atoms with van der Waals surface area (Å²) in [4.78, 5) is 22.8. The number of rotatable bonds is 4. The number of nitrogens with one attached hydrogen (secondary N) is 1. The molecule has 2 aromatic heterocycles. The second-order valence-electron chi connectivity index (χ2n) is 7.86. The highest BCUT2D eigenvalue weighted by atomic mass is 16.7. The van der Waals surface area contributed by atoms with E-state index in [4.69, 9.17) is 29.9 Å². The van der Waals surface area contributed by atoms with Gasteiger partial charge < -0.3 is 25.3 Å². The predicted octanol–water partition coefficient (Wildman–Crippen LogP) is 2.79. The normalized spacial score (nSPS) is 17.3. The first-order chi connectivity index (χ1) is 15.7. The number of amides is 1. The third-order valence-corrected chi connectivity index (χ3v) is 5.85. The Bertz CT molecular complexity index is 1360. The average molecular weight is 431 g/mol. The number of carbonyl (C=O) groups is 1. The van der Waals surface area contributed by atoms with E-state index in [1.807, 2.05) is 42.5 Å². The summed E-state index contributed by atoms with van der Waals surface area (Å²) >= 11 is 0. The van der Waals surface area contributed by atoms with Gasteiger partial charge in [0.1, 0.15) is 16.9 Å². The maximum Gasteiger partial charge on any atom is 0.257 e.